The van der Waals surface area contributed by atoms with Crippen molar-refractivity contribution in [2.45, 2.75) is 25.4 Å². The van der Waals surface area contributed by atoms with Crippen molar-refractivity contribution in [1.82, 2.24) is 34.4 Å². The van der Waals surface area contributed by atoms with Gasteiger partial charge >= 0.3 is 0 Å². The summed E-state index contributed by atoms with van der Waals surface area (Å²) in [6.45, 7) is 2.64. The highest BCUT2D eigenvalue weighted by molar-refractivity contribution is 5.64. The molecule has 4 aromatic rings. The normalized spacial score (nSPS) is 15.0. The van der Waals surface area contributed by atoms with Gasteiger partial charge in [0, 0.05) is 36.9 Å². The third-order valence-electron chi connectivity index (χ3n) is 5.29. The molecule has 0 aliphatic carbocycles. The number of nitrogens with zero attached hydrogens (tertiary/aromatic N) is 6. The third kappa shape index (κ3) is 3.64. The number of fused-ring (bicyclic) bond motifs is 1. The Labute approximate surface area is 168 Å². The average Bonchev–Trinajstić information content (AvgIpc) is 3.43. The van der Waals surface area contributed by atoms with Crippen LogP contribution in [0.1, 0.15) is 24.4 Å². The van der Waals surface area contributed by atoms with Crippen molar-refractivity contribution in [3.05, 3.63) is 54.9 Å². The maximum absolute atomic E-state index is 6.05. The molecule has 0 amide bonds. The van der Waals surface area contributed by atoms with Crippen LogP contribution in [-0.4, -0.2) is 42.2 Å². The van der Waals surface area contributed by atoms with E-state index in [0.717, 1.165) is 48.4 Å². The van der Waals surface area contributed by atoms with E-state index in [1.54, 1.807) is 12.4 Å². The Morgan fingerprint density at radius 2 is 2.03 bits per heavy atom. The summed E-state index contributed by atoms with van der Waals surface area (Å²) in [6, 6.07) is 4.45. The molecule has 1 fully saturated rings. The van der Waals surface area contributed by atoms with Gasteiger partial charge in [-0.25, -0.2) is 15.0 Å². The van der Waals surface area contributed by atoms with E-state index in [4.69, 9.17) is 5.73 Å². The zero-order valence-corrected chi connectivity index (χ0v) is 16.0. The Balaban J connectivity index is 1.33. The molecular weight excluding hydrogens is 366 g/mol. The fourth-order valence-corrected chi connectivity index (χ4v) is 3.67. The van der Waals surface area contributed by atoms with Crippen LogP contribution in [0.4, 0.5) is 11.6 Å². The van der Waals surface area contributed by atoms with Gasteiger partial charge in [0.1, 0.15) is 5.65 Å². The number of nitrogens with two attached hydrogens (primary N) is 1. The molecule has 0 radical (unpaired) electrons. The molecule has 1 aliphatic rings. The Morgan fingerprint density at radius 1 is 1.14 bits per heavy atom. The quantitative estimate of drug-likeness (QED) is 0.479. The molecule has 4 N–H and O–H groups in total. The topological polar surface area (TPSA) is 111 Å². The predicted molar refractivity (Wildman–Crippen MR) is 111 cm³/mol. The number of aromatic nitrogens is 6. The number of hydrogen-bond acceptors (Lipinski definition) is 7. The molecule has 5 rings (SSSR count). The Morgan fingerprint density at radius 3 is 2.93 bits per heavy atom. The SMILES string of the molecule is Nc1ncc(-c2cnn(C3CCNCC3)c2)nc1NCc1ccc2nccn2c1. The molecule has 0 aromatic carbocycles. The summed E-state index contributed by atoms with van der Waals surface area (Å²) in [5, 5.41) is 11.2. The first-order valence-electron chi connectivity index (χ1n) is 9.79. The molecule has 29 heavy (non-hydrogen) atoms. The average molecular weight is 389 g/mol. The van der Waals surface area contributed by atoms with Crippen molar-refractivity contribution in [3.63, 3.8) is 0 Å². The third-order valence-corrected chi connectivity index (χ3v) is 5.29. The van der Waals surface area contributed by atoms with Gasteiger partial charge in [0.05, 0.1) is 24.1 Å². The minimum Gasteiger partial charge on any atom is -0.381 e. The van der Waals surface area contributed by atoms with Gasteiger partial charge in [0.15, 0.2) is 11.6 Å². The Kier molecular flexibility index (Phi) is 4.57. The van der Waals surface area contributed by atoms with E-state index in [2.05, 4.69) is 30.7 Å². The second kappa shape index (κ2) is 7.51. The molecule has 0 atom stereocenters. The van der Waals surface area contributed by atoms with E-state index in [1.807, 2.05) is 46.0 Å². The van der Waals surface area contributed by atoms with Gasteiger partial charge in [0.25, 0.3) is 0 Å². The summed E-state index contributed by atoms with van der Waals surface area (Å²) in [5.74, 6) is 0.950. The van der Waals surface area contributed by atoms with Crippen LogP contribution in [0.15, 0.2) is 49.3 Å². The second-order valence-electron chi connectivity index (χ2n) is 7.26. The van der Waals surface area contributed by atoms with Crippen molar-refractivity contribution in [1.29, 1.82) is 0 Å². The van der Waals surface area contributed by atoms with Crippen LogP contribution in [0.25, 0.3) is 16.9 Å². The lowest BCUT2D eigenvalue weighted by atomic mass is 10.1. The minimum atomic E-state index is 0.378. The number of imidazole rings is 1. The molecule has 1 saturated heterocycles. The van der Waals surface area contributed by atoms with Crippen molar-refractivity contribution >= 4 is 17.3 Å². The number of rotatable bonds is 5. The van der Waals surface area contributed by atoms with Gasteiger partial charge in [-0.15, -0.1) is 0 Å². The highest BCUT2D eigenvalue weighted by Gasteiger charge is 2.17. The van der Waals surface area contributed by atoms with E-state index in [-0.39, 0.29) is 0 Å². The number of nitrogens with one attached hydrogen (secondary N) is 2. The van der Waals surface area contributed by atoms with Crippen LogP contribution in [0.2, 0.25) is 0 Å². The van der Waals surface area contributed by atoms with Gasteiger partial charge in [0.2, 0.25) is 0 Å². The van der Waals surface area contributed by atoms with E-state index >= 15 is 0 Å². The lowest BCUT2D eigenvalue weighted by molar-refractivity contribution is 0.343. The zero-order chi connectivity index (χ0) is 19.6. The molecule has 9 heteroatoms. The predicted octanol–water partition coefficient (Wildman–Crippen LogP) is 2.11. The second-order valence-corrected chi connectivity index (χ2v) is 7.26. The maximum Gasteiger partial charge on any atom is 0.169 e. The molecule has 0 spiro atoms. The van der Waals surface area contributed by atoms with Crippen molar-refractivity contribution in [3.8, 4) is 11.3 Å². The molecule has 9 nitrogen and oxygen atoms in total. The molecule has 0 bridgehead atoms. The molecular formula is C20H23N9. The first kappa shape index (κ1) is 17.6. The van der Waals surface area contributed by atoms with Crippen LogP contribution in [0.5, 0.6) is 0 Å². The monoisotopic (exact) mass is 389 g/mol. The van der Waals surface area contributed by atoms with Gasteiger partial charge < -0.3 is 20.8 Å². The van der Waals surface area contributed by atoms with Crippen LogP contribution < -0.4 is 16.4 Å². The fraction of sp³-hybridized carbons (Fsp3) is 0.300. The maximum atomic E-state index is 6.05. The lowest BCUT2D eigenvalue weighted by Gasteiger charge is -2.22. The number of pyridine rings is 1. The van der Waals surface area contributed by atoms with Crippen LogP contribution in [0.3, 0.4) is 0 Å². The molecule has 0 unspecified atom stereocenters. The number of hydrogen-bond donors (Lipinski definition) is 3. The van der Waals surface area contributed by atoms with Crippen molar-refractivity contribution in [2.24, 2.45) is 0 Å². The van der Waals surface area contributed by atoms with E-state index in [0.29, 0.717) is 24.2 Å². The molecule has 0 saturated carbocycles. The lowest BCUT2D eigenvalue weighted by Crippen LogP contribution is -2.29. The van der Waals surface area contributed by atoms with E-state index < -0.39 is 0 Å². The summed E-state index contributed by atoms with van der Waals surface area (Å²) in [6.07, 6.45) is 13.5. The van der Waals surface area contributed by atoms with Gasteiger partial charge in [-0.1, -0.05) is 6.07 Å². The van der Waals surface area contributed by atoms with Crippen LogP contribution in [-0.2, 0) is 6.54 Å². The van der Waals surface area contributed by atoms with E-state index in [9.17, 15) is 0 Å². The summed E-state index contributed by atoms with van der Waals surface area (Å²) < 4.78 is 4.03. The summed E-state index contributed by atoms with van der Waals surface area (Å²) in [4.78, 5) is 13.3. The fourth-order valence-electron chi connectivity index (χ4n) is 3.67. The number of piperidine rings is 1. The number of anilines is 2. The summed E-state index contributed by atoms with van der Waals surface area (Å²) in [7, 11) is 0. The first-order valence-corrected chi connectivity index (χ1v) is 9.79. The Bertz CT molecular complexity index is 1120. The van der Waals surface area contributed by atoms with Gasteiger partial charge in [-0.2, -0.15) is 5.10 Å². The zero-order valence-electron chi connectivity index (χ0n) is 16.0. The molecule has 5 heterocycles. The van der Waals surface area contributed by atoms with Gasteiger partial charge in [-0.05, 0) is 37.6 Å². The van der Waals surface area contributed by atoms with Crippen molar-refractivity contribution < 1.29 is 0 Å². The Hall–Kier alpha value is -3.46. The molecule has 4 aromatic heterocycles. The smallest absolute Gasteiger partial charge is 0.169 e. The summed E-state index contributed by atoms with van der Waals surface area (Å²) >= 11 is 0. The largest absolute Gasteiger partial charge is 0.381 e. The van der Waals surface area contributed by atoms with Crippen LogP contribution in [0, 0.1) is 0 Å². The standard InChI is InChI=1S/C20H23N9/c21-19-20(25-9-14-1-2-18-23-7-8-28(18)12-14)27-17(11-24-19)15-10-26-29(13-15)16-3-5-22-6-4-16/h1-2,7-8,10-13,16,22H,3-6,9H2,(H2,21,24)(H,25,27). The number of nitrogen functional groups attached to an aromatic ring is 1. The van der Waals surface area contributed by atoms with Crippen LogP contribution >= 0.6 is 0 Å². The summed E-state index contributed by atoms with van der Waals surface area (Å²) in [5.41, 5.74) is 9.76. The highest BCUT2D eigenvalue weighted by Crippen LogP contribution is 2.24. The first-order chi connectivity index (χ1) is 14.3. The molecule has 148 valence electrons. The molecule has 1 aliphatic heterocycles. The minimum absolute atomic E-state index is 0.378. The van der Waals surface area contributed by atoms with E-state index in [1.165, 1.54) is 0 Å². The highest BCUT2D eigenvalue weighted by atomic mass is 15.3. The van der Waals surface area contributed by atoms with Gasteiger partial charge in [-0.3, -0.25) is 4.68 Å². The van der Waals surface area contributed by atoms with Crippen molar-refractivity contribution in [2.75, 3.05) is 24.1 Å².